The Hall–Kier alpha value is -3.40. The van der Waals surface area contributed by atoms with Crippen molar-refractivity contribution in [2.24, 2.45) is 0 Å². The number of nitro groups is 1. The van der Waals surface area contributed by atoms with Crippen molar-refractivity contribution in [2.75, 3.05) is 12.4 Å². The van der Waals surface area contributed by atoms with Gasteiger partial charge < -0.3 is 10.1 Å². The molecule has 0 spiro atoms. The van der Waals surface area contributed by atoms with Crippen LogP contribution in [0.25, 0.3) is 0 Å². The molecule has 116 valence electrons. The van der Waals surface area contributed by atoms with E-state index < -0.39 is 10.9 Å². The molecule has 2 rings (SSSR count). The summed E-state index contributed by atoms with van der Waals surface area (Å²) in [6.45, 7) is 0.317. The maximum atomic E-state index is 11.4. The molecular formula is C16H13N3O4. The number of hydrogen-bond donors (Lipinski definition) is 1. The monoisotopic (exact) mass is 311 g/mol. The third-order valence-electron chi connectivity index (χ3n) is 3.18. The number of nitrogens with one attached hydrogen (secondary N) is 1. The lowest BCUT2D eigenvalue weighted by Crippen LogP contribution is -2.04. The minimum atomic E-state index is -0.510. The number of esters is 1. The number of nitro benzene ring substituents is 1. The van der Waals surface area contributed by atoms with Gasteiger partial charge in [0.15, 0.2) is 0 Å². The van der Waals surface area contributed by atoms with E-state index in [1.54, 1.807) is 24.3 Å². The predicted octanol–water partition coefficient (Wildman–Crippen LogP) is 2.87. The lowest BCUT2D eigenvalue weighted by molar-refractivity contribution is -0.384. The molecule has 0 saturated heterocycles. The lowest BCUT2D eigenvalue weighted by Gasteiger charge is -2.08. The molecule has 0 aromatic heterocycles. The van der Waals surface area contributed by atoms with Gasteiger partial charge >= 0.3 is 5.97 Å². The minimum absolute atomic E-state index is 0.102. The van der Waals surface area contributed by atoms with Crippen LogP contribution in [-0.4, -0.2) is 18.0 Å². The van der Waals surface area contributed by atoms with Gasteiger partial charge in [0.1, 0.15) is 5.69 Å². The van der Waals surface area contributed by atoms with Crippen LogP contribution in [0.4, 0.5) is 11.4 Å². The summed E-state index contributed by atoms with van der Waals surface area (Å²) in [5.41, 5.74) is 1.75. The van der Waals surface area contributed by atoms with Crippen LogP contribution < -0.4 is 5.32 Å². The van der Waals surface area contributed by atoms with Gasteiger partial charge in [-0.3, -0.25) is 10.1 Å². The number of carbonyl (C=O) groups excluding carboxylic acids is 1. The zero-order valence-electron chi connectivity index (χ0n) is 12.3. The molecule has 0 aliphatic heterocycles. The van der Waals surface area contributed by atoms with Crippen molar-refractivity contribution in [3.63, 3.8) is 0 Å². The van der Waals surface area contributed by atoms with Crippen molar-refractivity contribution in [1.29, 1.82) is 5.26 Å². The minimum Gasteiger partial charge on any atom is -0.465 e. The molecule has 2 aromatic rings. The Balaban J connectivity index is 2.16. The average molecular weight is 311 g/mol. The van der Waals surface area contributed by atoms with Gasteiger partial charge in [-0.25, -0.2) is 4.79 Å². The second-order valence-electron chi connectivity index (χ2n) is 4.64. The molecular weight excluding hydrogens is 298 g/mol. The van der Waals surface area contributed by atoms with E-state index >= 15 is 0 Å². The zero-order valence-corrected chi connectivity index (χ0v) is 12.3. The lowest BCUT2D eigenvalue weighted by atomic mass is 10.1. The maximum Gasteiger partial charge on any atom is 0.337 e. The fraction of sp³-hybridized carbons (Fsp3) is 0.125. The van der Waals surface area contributed by atoms with Crippen LogP contribution in [0, 0.1) is 21.4 Å². The smallest absolute Gasteiger partial charge is 0.337 e. The fourth-order valence-corrected chi connectivity index (χ4v) is 1.98. The van der Waals surface area contributed by atoms with Gasteiger partial charge in [-0.05, 0) is 29.8 Å². The van der Waals surface area contributed by atoms with Crippen LogP contribution in [0.2, 0.25) is 0 Å². The Bertz CT molecular complexity index is 779. The molecule has 7 heteroatoms. The Labute approximate surface area is 132 Å². The van der Waals surface area contributed by atoms with Gasteiger partial charge in [0, 0.05) is 12.6 Å². The van der Waals surface area contributed by atoms with Crippen molar-refractivity contribution in [3.05, 3.63) is 69.3 Å². The summed E-state index contributed by atoms with van der Waals surface area (Å²) in [5.74, 6) is -0.429. The number of hydrogen-bond acceptors (Lipinski definition) is 6. The highest BCUT2D eigenvalue weighted by molar-refractivity contribution is 5.89. The number of ether oxygens (including phenoxy) is 1. The van der Waals surface area contributed by atoms with Gasteiger partial charge in [-0.15, -0.1) is 0 Å². The van der Waals surface area contributed by atoms with Crippen LogP contribution in [-0.2, 0) is 11.3 Å². The SMILES string of the molecule is COC(=O)c1ccc(CNc2cc(C#N)ccc2[N+](=O)[O-])cc1. The molecule has 23 heavy (non-hydrogen) atoms. The number of nitrogens with zero attached hydrogens (tertiary/aromatic N) is 2. The number of anilines is 1. The van der Waals surface area contributed by atoms with Crippen molar-refractivity contribution in [1.82, 2.24) is 0 Å². The summed E-state index contributed by atoms with van der Waals surface area (Å²) < 4.78 is 4.61. The topological polar surface area (TPSA) is 105 Å². The summed E-state index contributed by atoms with van der Waals surface area (Å²) in [6.07, 6.45) is 0. The average Bonchev–Trinajstić information content (AvgIpc) is 2.59. The van der Waals surface area contributed by atoms with Gasteiger partial charge in [0.05, 0.1) is 29.2 Å². The summed E-state index contributed by atoms with van der Waals surface area (Å²) in [6, 6.07) is 12.7. The van der Waals surface area contributed by atoms with Gasteiger partial charge in [0.25, 0.3) is 5.69 Å². The number of nitriles is 1. The first-order valence-corrected chi connectivity index (χ1v) is 6.65. The summed E-state index contributed by atoms with van der Waals surface area (Å²) in [4.78, 5) is 21.9. The summed E-state index contributed by atoms with van der Waals surface area (Å²) >= 11 is 0. The summed E-state index contributed by atoms with van der Waals surface area (Å²) in [5, 5.41) is 22.8. The van der Waals surface area contributed by atoms with E-state index in [1.807, 2.05) is 6.07 Å². The van der Waals surface area contributed by atoms with Gasteiger partial charge in [0.2, 0.25) is 0 Å². The van der Waals surface area contributed by atoms with Crippen LogP contribution in [0.15, 0.2) is 42.5 Å². The Kier molecular flexibility index (Phi) is 4.89. The van der Waals surface area contributed by atoms with Crippen LogP contribution >= 0.6 is 0 Å². The maximum absolute atomic E-state index is 11.4. The highest BCUT2D eigenvalue weighted by atomic mass is 16.6. The Morgan fingerprint density at radius 2 is 2.00 bits per heavy atom. The second kappa shape index (κ2) is 7.04. The Morgan fingerprint density at radius 1 is 1.30 bits per heavy atom. The zero-order chi connectivity index (χ0) is 16.8. The first-order chi connectivity index (χ1) is 11.0. The molecule has 0 saturated carbocycles. The van der Waals surface area contributed by atoms with Crippen LogP contribution in [0.3, 0.4) is 0 Å². The predicted molar refractivity (Wildman–Crippen MR) is 82.9 cm³/mol. The summed E-state index contributed by atoms with van der Waals surface area (Å²) in [7, 11) is 1.30. The Morgan fingerprint density at radius 3 is 2.57 bits per heavy atom. The molecule has 0 bridgehead atoms. The van der Waals surface area contributed by atoms with E-state index in [4.69, 9.17) is 5.26 Å². The number of methoxy groups -OCH3 is 1. The van der Waals surface area contributed by atoms with E-state index in [2.05, 4.69) is 10.1 Å². The molecule has 0 radical (unpaired) electrons. The van der Waals surface area contributed by atoms with Gasteiger partial charge in [-0.2, -0.15) is 5.26 Å². The van der Waals surface area contributed by atoms with Crippen molar-refractivity contribution >= 4 is 17.3 Å². The van der Waals surface area contributed by atoms with Crippen molar-refractivity contribution < 1.29 is 14.5 Å². The molecule has 7 nitrogen and oxygen atoms in total. The molecule has 0 fully saturated rings. The molecule has 0 aliphatic rings. The molecule has 0 amide bonds. The van der Waals surface area contributed by atoms with E-state index in [9.17, 15) is 14.9 Å². The highest BCUT2D eigenvalue weighted by Gasteiger charge is 2.14. The second-order valence-corrected chi connectivity index (χ2v) is 4.64. The first kappa shape index (κ1) is 16.0. The third-order valence-corrected chi connectivity index (χ3v) is 3.18. The molecule has 1 N–H and O–H groups in total. The number of rotatable bonds is 5. The third kappa shape index (κ3) is 3.83. The largest absolute Gasteiger partial charge is 0.465 e. The molecule has 0 atom stereocenters. The van der Waals surface area contributed by atoms with E-state index in [0.29, 0.717) is 17.7 Å². The van der Waals surface area contributed by atoms with Crippen molar-refractivity contribution in [3.8, 4) is 6.07 Å². The number of benzene rings is 2. The van der Waals surface area contributed by atoms with E-state index in [-0.39, 0.29) is 11.4 Å². The van der Waals surface area contributed by atoms with Crippen LogP contribution in [0.5, 0.6) is 0 Å². The first-order valence-electron chi connectivity index (χ1n) is 6.65. The van der Waals surface area contributed by atoms with E-state index in [0.717, 1.165) is 5.56 Å². The fourth-order valence-electron chi connectivity index (χ4n) is 1.98. The quantitative estimate of drug-likeness (QED) is 0.517. The van der Waals surface area contributed by atoms with Gasteiger partial charge in [-0.1, -0.05) is 12.1 Å². The molecule has 2 aromatic carbocycles. The standard InChI is InChI=1S/C16H13N3O4/c1-23-16(20)13-5-2-11(3-6-13)10-18-14-8-12(9-17)4-7-15(14)19(21)22/h2-8,18H,10H2,1H3. The highest BCUT2D eigenvalue weighted by Crippen LogP contribution is 2.25. The van der Waals surface area contributed by atoms with E-state index in [1.165, 1.54) is 25.3 Å². The van der Waals surface area contributed by atoms with Crippen molar-refractivity contribution in [2.45, 2.75) is 6.54 Å². The number of carbonyl (C=O) groups is 1. The molecule has 0 aliphatic carbocycles. The van der Waals surface area contributed by atoms with Crippen LogP contribution in [0.1, 0.15) is 21.5 Å². The normalized spacial score (nSPS) is 9.74. The molecule has 0 unspecified atom stereocenters. The molecule has 0 heterocycles.